The van der Waals surface area contributed by atoms with Gasteiger partial charge in [0.1, 0.15) is 0 Å². The molecule has 0 aromatic carbocycles. The molecule has 116 valence electrons. The van der Waals surface area contributed by atoms with Gasteiger partial charge in [-0.15, -0.1) is 0 Å². The maximum absolute atomic E-state index is 12.6. The molecule has 0 spiro atoms. The Morgan fingerprint density at radius 3 is 2.30 bits per heavy atom. The fourth-order valence-corrected chi connectivity index (χ4v) is 3.70. The molecule has 0 radical (unpaired) electrons. The number of likely N-dealkylation sites (tertiary alicyclic amines) is 1. The van der Waals surface area contributed by atoms with Crippen LogP contribution in [0.2, 0.25) is 0 Å². The lowest BCUT2D eigenvalue weighted by Crippen LogP contribution is -2.49. The van der Waals surface area contributed by atoms with Crippen molar-refractivity contribution in [2.75, 3.05) is 26.2 Å². The van der Waals surface area contributed by atoms with Crippen molar-refractivity contribution in [3.05, 3.63) is 0 Å². The summed E-state index contributed by atoms with van der Waals surface area (Å²) in [6.45, 7) is 7.03. The topological polar surface area (TPSA) is 43.8 Å². The summed E-state index contributed by atoms with van der Waals surface area (Å²) in [6.07, 6.45) is 6.93. The molecule has 1 heterocycles. The molecule has 2 rings (SSSR count). The predicted octanol–water partition coefficient (Wildman–Crippen LogP) is 1.87. The normalized spacial score (nSPS) is 22.6. The standard InChI is InChI=1S/C16H30N2O2/c1-13(2)18(15-5-3-4-6-15)16(20)11-17-9-7-14(12-19)8-10-17/h13-15,19H,3-12H2,1-2H3. The van der Waals surface area contributed by atoms with Crippen LogP contribution in [0, 0.1) is 5.92 Å². The van der Waals surface area contributed by atoms with E-state index in [1.807, 2.05) is 0 Å². The van der Waals surface area contributed by atoms with Crippen LogP contribution >= 0.6 is 0 Å². The fourth-order valence-electron chi connectivity index (χ4n) is 3.70. The van der Waals surface area contributed by atoms with Gasteiger partial charge in [-0.05, 0) is 58.5 Å². The maximum Gasteiger partial charge on any atom is 0.237 e. The van der Waals surface area contributed by atoms with E-state index in [9.17, 15) is 9.90 Å². The van der Waals surface area contributed by atoms with E-state index in [0.717, 1.165) is 25.9 Å². The molecule has 4 nitrogen and oxygen atoms in total. The number of rotatable bonds is 5. The lowest BCUT2D eigenvalue weighted by Gasteiger charge is -2.36. The van der Waals surface area contributed by atoms with E-state index >= 15 is 0 Å². The van der Waals surface area contributed by atoms with Crippen LogP contribution in [0.15, 0.2) is 0 Å². The number of carbonyl (C=O) groups excluding carboxylic acids is 1. The third kappa shape index (κ3) is 3.95. The number of hydrogen-bond donors (Lipinski definition) is 1. The fraction of sp³-hybridized carbons (Fsp3) is 0.938. The van der Waals surface area contributed by atoms with E-state index in [1.165, 1.54) is 25.7 Å². The van der Waals surface area contributed by atoms with Crippen molar-refractivity contribution in [3.8, 4) is 0 Å². The molecule has 0 atom stereocenters. The average molecular weight is 282 g/mol. The Morgan fingerprint density at radius 2 is 1.80 bits per heavy atom. The molecule has 20 heavy (non-hydrogen) atoms. The molecule has 2 fully saturated rings. The minimum atomic E-state index is 0.294. The van der Waals surface area contributed by atoms with Crippen LogP contribution in [0.25, 0.3) is 0 Å². The first-order valence-electron chi connectivity index (χ1n) is 8.26. The van der Waals surface area contributed by atoms with Crippen LogP contribution in [0.3, 0.4) is 0 Å². The molecule has 0 aromatic rings. The quantitative estimate of drug-likeness (QED) is 0.837. The van der Waals surface area contributed by atoms with Crippen molar-refractivity contribution in [2.45, 2.75) is 64.5 Å². The van der Waals surface area contributed by atoms with Gasteiger partial charge in [0.05, 0.1) is 6.54 Å². The van der Waals surface area contributed by atoms with Gasteiger partial charge < -0.3 is 10.0 Å². The molecule has 0 aromatic heterocycles. The number of piperidine rings is 1. The van der Waals surface area contributed by atoms with Crippen LogP contribution in [-0.2, 0) is 4.79 Å². The summed E-state index contributed by atoms with van der Waals surface area (Å²) in [5, 5.41) is 9.17. The average Bonchev–Trinajstić information content (AvgIpc) is 2.93. The minimum absolute atomic E-state index is 0.294. The predicted molar refractivity (Wildman–Crippen MR) is 80.5 cm³/mol. The van der Waals surface area contributed by atoms with Crippen molar-refractivity contribution in [2.24, 2.45) is 5.92 Å². The molecule has 4 heteroatoms. The first kappa shape index (κ1) is 15.8. The lowest BCUT2D eigenvalue weighted by atomic mass is 9.98. The number of carbonyl (C=O) groups is 1. The molecular weight excluding hydrogens is 252 g/mol. The van der Waals surface area contributed by atoms with E-state index in [0.29, 0.717) is 37.1 Å². The molecule has 0 bridgehead atoms. The van der Waals surface area contributed by atoms with Gasteiger partial charge in [0.2, 0.25) is 5.91 Å². The van der Waals surface area contributed by atoms with E-state index in [1.54, 1.807) is 0 Å². The Kier molecular flexibility index (Phi) is 5.85. The summed E-state index contributed by atoms with van der Waals surface area (Å²) in [7, 11) is 0. The lowest BCUT2D eigenvalue weighted by molar-refractivity contribution is -0.137. The van der Waals surface area contributed by atoms with Gasteiger partial charge in [0.15, 0.2) is 0 Å². The highest BCUT2D eigenvalue weighted by Crippen LogP contribution is 2.25. The smallest absolute Gasteiger partial charge is 0.237 e. The number of nitrogens with zero attached hydrogens (tertiary/aromatic N) is 2. The molecule has 2 aliphatic rings. The minimum Gasteiger partial charge on any atom is -0.396 e. The van der Waals surface area contributed by atoms with Crippen molar-refractivity contribution in [1.82, 2.24) is 9.80 Å². The summed E-state index contributed by atoms with van der Waals surface area (Å²) in [4.78, 5) is 17.0. The molecule has 1 amide bonds. The number of hydrogen-bond acceptors (Lipinski definition) is 3. The Balaban J connectivity index is 1.85. The first-order valence-corrected chi connectivity index (χ1v) is 8.26. The molecule has 1 aliphatic carbocycles. The van der Waals surface area contributed by atoms with Crippen LogP contribution in [0.1, 0.15) is 52.4 Å². The van der Waals surface area contributed by atoms with Crippen molar-refractivity contribution in [1.29, 1.82) is 0 Å². The summed E-state index contributed by atoms with van der Waals surface area (Å²) in [5.74, 6) is 0.742. The van der Waals surface area contributed by atoms with Crippen LogP contribution in [-0.4, -0.2) is 59.1 Å². The SMILES string of the molecule is CC(C)N(C(=O)CN1CCC(CO)CC1)C1CCCC1. The molecular formula is C16H30N2O2. The summed E-state index contributed by atoms with van der Waals surface area (Å²) in [5.41, 5.74) is 0. The third-order valence-electron chi connectivity index (χ3n) is 4.89. The summed E-state index contributed by atoms with van der Waals surface area (Å²) in [6, 6.07) is 0.776. The van der Waals surface area contributed by atoms with Crippen molar-refractivity contribution < 1.29 is 9.90 Å². The van der Waals surface area contributed by atoms with Gasteiger partial charge in [0, 0.05) is 18.7 Å². The molecule has 1 saturated heterocycles. The number of aliphatic hydroxyl groups is 1. The number of aliphatic hydroxyl groups excluding tert-OH is 1. The van der Waals surface area contributed by atoms with E-state index in [4.69, 9.17) is 0 Å². The van der Waals surface area contributed by atoms with E-state index < -0.39 is 0 Å². The van der Waals surface area contributed by atoms with Crippen molar-refractivity contribution >= 4 is 5.91 Å². The number of amides is 1. The Labute approximate surface area is 123 Å². The Bertz CT molecular complexity index is 306. The zero-order valence-electron chi connectivity index (χ0n) is 13.1. The van der Waals surface area contributed by atoms with Gasteiger partial charge in [-0.3, -0.25) is 9.69 Å². The highest BCUT2D eigenvalue weighted by atomic mass is 16.3. The zero-order chi connectivity index (χ0) is 14.5. The first-order chi connectivity index (χ1) is 9.61. The van der Waals surface area contributed by atoms with Crippen molar-refractivity contribution in [3.63, 3.8) is 0 Å². The molecule has 1 saturated carbocycles. The third-order valence-corrected chi connectivity index (χ3v) is 4.89. The highest BCUT2D eigenvalue weighted by molar-refractivity contribution is 5.79. The summed E-state index contributed by atoms with van der Waals surface area (Å²) >= 11 is 0. The zero-order valence-corrected chi connectivity index (χ0v) is 13.1. The van der Waals surface area contributed by atoms with Gasteiger partial charge in [0.25, 0.3) is 0 Å². The largest absolute Gasteiger partial charge is 0.396 e. The second-order valence-corrected chi connectivity index (χ2v) is 6.74. The van der Waals surface area contributed by atoms with Gasteiger partial charge in [-0.2, -0.15) is 0 Å². The van der Waals surface area contributed by atoms with E-state index in [2.05, 4.69) is 23.6 Å². The maximum atomic E-state index is 12.6. The second-order valence-electron chi connectivity index (χ2n) is 6.74. The Morgan fingerprint density at radius 1 is 1.20 bits per heavy atom. The monoisotopic (exact) mass is 282 g/mol. The molecule has 1 aliphatic heterocycles. The van der Waals surface area contributed by atoms with Crippen LogP contribution < -0.4 is 0 Å². The molecule has 1 N–H and O–H groups in total. The van der Waals surface area contributed by atoms with Gasteiger partial charge in [-0.25, -0.2) is 0 Å². The van der Waals surface area contributed by atoms with Crippen LogP contribution in [0.5, 0.6) is 0 Å². The summed E-state index contributed by atoms with van der Waals surface area (Å²) < 4.78 is 0. The van der Waals surface area contributed by atoms with Gasteiger partial charge >= 0.3 is 0 Å². The van der Waals surface area contributed by atoms with Gasteiger partial charge in [-0.1, -0.05) is 12.8 Å². The van der Waals surface area contributed by atoms with Crippen LogP contribution in [0.4, 0.5) is 0 Å². The highest BCUT2D eigenvalue weighted by Gasteiger charge is 2.30. The van der Waals surface area contributed by atoms with E-state index in [-0.39, 0.29) is 0 Å². The second kappa shape index (κ2) is 7.41. The Hall–Kier alpha value is -0.610. The molecule has 0 unspecified atom stereocenters.